The first kappa shape index (κ1) is 33.0. The summed E-state index contributed by atoms with van der Waals surface area (Å²) in [5.74, 6) is 1.31. The van der Waals surface area contributed by atoms with Gasteiger partial charge in [0.25, 0.3) is 0 Å². The summed E-state index contributed by atoms with van der Waals surface area (Å²) < 4.78 is 12.5. The fourth-order valence-electron chi connectivity index (χ4n) is 4.80. The minimum Gasteiger partial charge on any atom is -0.497 e. The second kappa shape index (κ2) is 18.1. The number of methoxy groups -OCH3 is 1. The fraction of sp³-hybridized carbons (Fsp3) is 0.429. The molecule has 3 rings (SSSR count). The van der Waals surface area contributed by atoms with Crippen molar-refractivity contribution in [1.29, 1.82) is 0 Å². The van der Waals surface area contributed by atoms with Crippen molar-refractivity contribution in [2.45, 2.75) is 76.1 Å². The molecule has 0 unspecified atom stereocenters. The third-order valence-corrected chi connectivity index (χ3v) is 9.45. The van der Waals surface area contributed by atoms with Gasteiger partial charge in [-0.25, -0.2) is 0 Å². The lowest BCUT2D eigenvalue weighted by Gasteiger charge is -2.37. The van der Waals surface area contributed by atoms with Gasteiger partial charge in [0.15, 0.2) is 10.2 Å². The number of hydrogen-bond donors (Lipinski definition) is 0. The minimum atomic E-state index is -0.908. The largest absolute Gasteiger partial charge is 0.497 e. The molecule has 0 radical (unpaired) electrons. The molecule has 1 atom stereocenters. The van der Waals surface area contributed by atoms with Crippen molar-refractivity contribution in [3.05, 3.63) is 102 Å². The molecule has 0 aromatic heterocycles. The quantitative estimate of drug-likeness (QED) is 0.108. The van der Waals surface area contributed by atoms with Crippen molar-refractivity contribution >= 4 is 33.8 Å². The maximum Gasteiger partial charge on any atom is 0.189 e. The molecule has 0 aliphatic carbocycles. The first-order valence-corrected chi connectivity index (χ1v) is 16.6. The predicted molar refractivity (Wildman–Crippen MR) is 174 cm³/mol. The van der Waals surface area contributed by atoms with E-state index in [2.05, 4.69) is 38.1 Å². The Hall–Kier alpha value is -2.54. The zero-order valence-electron chi connectivity index (χ0n) is 24.7. The highest BCUT2D eigenvalue weighted by Crippen LogP contribution is 2.42. The number of hydrogen-bond acceptors (Lipinski definition) is 6. The van der Waals surface area contributed by atoms with Gasteiger partial charge in [-0.15, -0.1) is 0 Å². The Kier molecular flexibility index (Phi) is 14.5. The minimum absolute atomic E-state index is 0.158. The summed E-state index contributed by atoms with van der Waals surface area (Å²) in [4.78, 5) is 25.6. The van der Waals surface area contributed by atoms with E-state index < -0.39 is 5.60 Å². The van der Waals surface area contributed by atoms with Crippen LogP contribution in [0.3, 0.4) is 0 Å². The molecule has 0 saturated carbocycles. The second-order valence-electron chi connectivity index (χ2n) is 10.2. The number of ether oxygens (including phenoxy) is 2. The number of carbonyl (C=O) groups is 2. The average Bonchev–Trinajstić information content (AvgIpc) is 3.01. The SMILES string of the molecule is CCCCCC(=O)SC[C@H](COC(c1ccccc1)(c1ccccc1)c1ccc(OC)cc1)SC(=O)CCCCC. The van der Waals surface area contributed by atoms with Crippen LogP contribution in [-0.4, -0.2) is 35.0 Å². The van der Waals surface area contributed by atoms with Gasteiger partial charge in [-0.05, 0) is 41.7 Å². The molecule has 0 saturated heterocycles. The van der Waals surface area contributed by atoms with Gasteiger partial charge in [-0.1, -0.05) is 136 Å². The second-order valence-corrected chi connectivity index (χ2v) is 12.6. The first-order valence-electron chi connectivity index (χ1n) is 14.8. The third kappa shape index (κ3) is 10.1. The zero-order valence-corrected chi connectivity index (χ0v) is 26.3. The summed E-state index contributed by atoms with van der Waals surface area (Å²) in [6, 6.07) is 28.4. The van der Waals surface area contributed by atoms with Crippen LogP contribution in [0.2, 0.25) is 0 Å². The Morgan fingerprint density at radius 1 is 0.707 bits per heavy atom. The van der Waals surface area contributed by atoms with Crippen LogP contribution in [0.15, 0.2) is 84.9 Å². The van der Waals surface area contributed by atoms with E-state index in [-0.39, 0.29) is 15.5 Å². The summed E-state index contributed by atoms with van der Waals surface area (Å²) in [6.45, 7) is 4.59. The molecule has 41 heavy (non-hydrogen) atoms. The van der Waals surface area contributed by atoms with Gasteiger partial charge >= 0.3 is 0 Å². The van der Waals surface area contributed by atoms with Gasteiger partial charge in [0.2, 0.25) is 0 Å². The molecule has 0 aliphatic heterocycles. The van der Waals surface area contributed by atoms with E-state index in [1.807, 2.05) is 60.7 Å². The van der Waals surface area contributed by atoms with Crippen molar-refractivity contribution in [2.24, 2.45) is 0 Å². The zero-order chi connectivity index (χ0) is 29.3. The van der Waals surface area contributed by atoms with E-state index in [9.17, 15) is 9.59 Å². The van der Waals surface area contributed by atoms with Crippen molar-refractivity contribution < 1.29 is 19.1 Å². The number of carbonyl (C=O) groups excluding carboxylic acids is 2. The third-order valence-electron chi connectivity index (χ3n) is 7.04. The van der Waals surface area contributed by atoms with Gasteiger partial charge in [-0.2, -0.15) is 0 Å². The number of benzene rings is 3. The van der Waals surface area contributed by atoms with Gasteiger partial charge in [-0.3, -0.25) is 9.59 Å². The molecule has 220 valence electrons. The molecule has 0 bridgehead atoms. The maximum absolute atomic E-state index is 13.0. The molecular weight excluding hydrogens is 549 g/mol. The fourth-order valence-corrected chi connectivity index (χ4v) is 6.80. The Morgan fingerprint density at radius 2 is 1.22 bits per heavy atom. The maximum atomic E-state index is 13.0. The molecule has 3 aromatic carbocycles. The van der Waals surface area contributed by atoms with E-state index in [1.165, 1.54) is 23.5 Å². The summed E-state index contributed by atoms with van der Waals surface area (Å²) in [7, 11) is 1.66. The van der Waals surface area contributed by atoms with Gasteiger partial charge in [0.1, 0.15) is 11.4 Å². The molecule has 0 amide bonds. The van der Waals surface area contributed by atoms with Crippen molar-refractivity contribution in [1.82, 2.24) is 0 Å². The van der Waals surface area contributed by atoms with E-state index in [4.69, 9.17) is 9.47 Å². The van der Waals surface area contributed by atoms with E-state index in [1.54, 1.807) is 7.11 Å². The molecule has 3 aromatic rings. The first-order chi connectivity index (χ1) is 20.0. The summed E-state index contributed by atoms with van der Waals surface area (Å²) >= 11 is 2.68. The monoisotopic (exact) mass is 592 g/mol. The summed E-state index contributed by atoms with van der Waals surface area (Å²) in [6.07, 6.45) is 7.19. The molecule has 4 nitrogen and oxygen atoms in total. The topological polar surface area (TPSA) is 52.6 Å². The summed E-state index contributed by atoms with van der Waals surface area (Å²) in [5.41, 5.74) is 2.06. The van der Waals surface area contributed by atoms with E-state index >= 15 is 0 Å². The van der Waals surface area contributed by atoms with Crippen molar-refractivity contribution in [2.75, 3.05) is 19.5 Å². The van der Waals surface area contributed by atoms with Gasteiger partial charge in [0.05, 0.1) is 13.7 Å². The van der Waals surface area contributed by atoms with Crippen LogP contribution in [0.4, 0.5) is 0 Å². The predicted octanol–water partition coefficient (Wildman–Crippen LogP) is 9.05. The molecular formula is C35H44O4S2. The molecule has 0 spiro atoms. The van der Waals surface area contributed by atoms with E-state index in [0.717, 1.165) is 61.0 Å². The molecule has 0 fully saturated rings. The Balaban J connectivity index is 1.94. The average molecular weight is 593 g/mol. The smallest absolute Gasteiger partial charge is 0.189 e. The normalized spacial score (nSPS) is 12.2. The standard InChI is InChI=1S/C35H44O4S2/c1-4-6-10-20-33(36)40-27-32(41-34(37)21-11-7-5-2)26-39-35(28-16-12-8-13-17-28,29-18-14-9-15-19-29)30-22-24-31(38-3)25-23-30/h8-9,12-19,22-25,32H,4-7,10-11,20-21,26-27H2,1-3H3/t32-/m0/s1. The highest BCUT2D eigenvalue weighted by molar-refractivity contribution is 8.17. The number of rotatable bonds is 18. The lowest BCUT2D eigenvalue weighted by Crippen LogP contribution is -2.36. The molecule has 0 aliphatic rings. The Bertz CT molecular complexity index is 1130. The van der Waals surface area contributed by atoms with Crippen LogP contribution >= 0.6 is 23.5 Å². The van der Waals surface area contributed by atoms with Gasteiger partial charge in [0, 0.05) is 23.8 Å². The highest BCUT2D eigenvalue weighted by Gasteiger charge is 2.38. The molecule has 0 heterocycles. The lowest BCUT2D eigenvalue weighted by molar-refractivity contribution is -0.112. The van der Waals surface area contributed by atoms with Crippen LogP contribution in [0.25, 0.3) is 0 Å². The van der Waals surface area contributed by atoms with Crippen molar-refractivity contribution in [3.63, 3.8) is 0 Å². The van der Waals surface area contributed by atoms with Crippen LogP contribution in [0, 0.1) is 0 Å². The van der Waals surface area contributed by atoms with E-state index in [0.29, 0.717) is 25.2 Å². The number of unbranched alkanes of at least 4 members (excludes halogenated alkanes) is 4. The van der Waals surface area contributed by atoms with Crippen molar-refractivity contribution in [3.8, 4) is 5.75 Å². The highest BCUT2D eigenvalue weighted by atomic mass is 32.2. The van der Waals surface area contributed by atoms with Crippen LogP contribution in [0.1, 0.15) is 81.9 Å². The van der Waals surface area contributed by atoms with Gasteiger partial charge < -0.3 is 9.47 Å². The molecule has 6 heteroatoms. The van der Waals surface area contributed by atoms with Crippen LogP contribution < -0.4 is 4.74 Å². The number of thioether (sulfide) groups is 2. The Labute approximate surface area is 255 Å². The molecule has 0 N–H and O–H groups in total. The van der Waals surface area contributed by atoms with Crippen LogP contribution in [-0.2, 0) is 19.9 Å². The lowest BCUT2D eigenvalue weighted by atomic mass is 9.80. The summed E-state index contributed by atoms with van der Waals surface area (Å²) in [5, 5.41) is 0.199. The Morgan fingerprint density at radius 3 is 1.73 bits per heavy atom. The van der Waals surface area contributed by atoms with Crippen LogP contribution in [0.5, 0.6) is 5.75 Å².